The summed E-state index contributed by atoms with van der Waals surface area (Å²) in [5.74, 6) is 1.58. The number of rotatable bonds is 9. The smallest absolute Gasteiger partial charge is 0.253 e. The van der Waals surface area contributed by atoms with Gasteiger partial charge in [-0.25, -0.2) is 0 Å². The molecule has 1 unspecified atom stereocenters. The predicted octanol–water partition coefficient (Wildman–Crippen LogP) is 5.93. The molecule has 2 heterocycles. The topological polar surface area (TPSA) is 45.9 Å². The maximum atomic E-state index is 13.0. The number of carbonyl (C=O) groups is 1. The number of halogens is 1. The van der Waals surface area contributed by atoms with E-state index in [0.29, 0.717) is 16.3 Å². The molecular formula is C24H33ClN2O3. The van der Waals surface area contributed by atoms with Crippen molar-refractivity contribution in [3.8, 4) is 5.75 Å². The molecule has 0 saturated carbocycles. The van der Waals surface area contributed by atoms with Crippen LogP contribution in [-0.4, -0.2) is 42.4 Å². The van der Waals surface area contributed by atoms with Gasteiger partial charge in [-0.15, -0.1) is 0 Å². The first kappa shape index (κ1) is 22.7. The van der Waals surface area contributed by atoms with Crippen LogP contribution in [0.15, 0.2) is 34.9 Å². The van der Waals surface area contributed by atoms with E-state index >= 15 is 0 Å². The van der Waals surface area contributed by atoms with E-state index in [1.807, 2.05) is 23.1 Å². The summed E-state index contributed by atoms with van der Waals surface area (Å²) in [6.07, 6.45) is 6.59. The number of unbranched alkanes of at least 4 members (excludes halogenated alkanes) is 2. The lowest BCUT2D eigenvalue weighted by Crippen LogP contribution is -2.33. The maximum absolute atomic E-state index is 13.0. The maximum Gasteiger partial charge on any atom is 0.253 e. The van der Waals surface area contributed by atoms with Crippen LogP contribution in [0.3, 0.4) is 0 Å². The van der Waals surface area contributed by atoms with Gasteiger partial charge in [0.2, 0.25) is 0 Å². The molecule has 0 fully saturated rings. The Morgan fingerprint density at radius 2 is 1.97 bits per heavy atom. The van der Waals surface area contributed by atoms with Gasteiger partial charge in [0.1, 0.15) is 17.6 Å². The molecule has 1 aromatic heterocycles. The second-order valence-corrected chi connectivity index (χ2v) is 8.48. The Bertz CT molecular complexity index is 828. The van der Waals surface area contributed by atoms with Gasteiger partial charge in [0.25, 0.3) is 5.91 Å². The van der Waals surface area contributed by atoms with Crippen LogP contribution in [0.5, 0.6) is 5.75 Å². The van der Waals surface area contributed by atoms with Crippen LogP contribution in [0.4, 0.5) is 0 Å². The van der Waals surface area contributed by atoms with Crippen molar-refractivity contribution in [2.45, 2.75) is 58.6 Å². The number of carbonyl (C=O) groups excluding carboxylic acids is 1. The predicted molar refractivity (Wildman–Crippen MR) is 120 cm³/mol. The van der Waals surface area contributed by atoms with Crippen molar-refractivity contribution >= 4 is 17.5 Å². The molecule has 0 spiro atoms. The molecule has 0 N–H and O–H groups in total. The minimum Gasteiger partial charge on any atom is -0.484 e. The molecule has 164 valence electrons. The SMILES string of the molecule is CCCCN(CCCC)C(=O)c1ccc(OC2CCN(C)Cc3occc32)c(Cl)c1. The number of amides is 1. The van der Waals surface area contributed by atoms with E-state index in [2.05, 4.69) is 25.8 Å². The lowest BCUT2D eigenvalue weighted by atomic mass is 10.1. The zero-order valence-electron chi connectivity index (χ0n) is 18.3. The summed E-state index contributed by atoms with van der Waals surface area (Å²) in [6.45, 7) is 7.53. The Hall–Kier alpha value is -1.98. The second kappa shape index (κ2) is 10.9. The summed E-state index contributed by atoms with van der Waals surface area (Å²) in [4.78, 5) is 17.2. The van der Waals surface area contributed by atoms with E-state index in [-0.39, 0.29) is 12.0 Å². The second-order valence-electron chi connectivity index (χ2n) is 8.08. The lowest BCUT2D eigenvalue weighted by molar-refractivity contribution is 0.0751. The molecule has 1 aliphatic heterocycles. The summed E-state index contributed by atoms with van der Waals surface area (Å²) < 4.78 is 11.9. The molecule has 3 rings (SSSR count). The normalized spacial score (nSPS) is 16.7. The Labute approximate surface area is 184 Å². The molecular weight excluding hydrogens is 400 g/mol. The minimum absolute atomic E-state index is 0.0403. The zero-order valence-corrected chi connectivity index (χ0v) is 19.1. The van der Waals surface area contributed by atoms with Gasteiger partial charge in [-0.2, -0.15) is 0 Å². The monoisotopic (exact) mass is 432 g/mol. The third-order valence-corrected chi connectivity index (χ3v) is 5.91. The largest absolute Gasteiger partial charge is 0.484 e. The standard InChI is InChI=1S/C24H33ClN2O3/c1-4-6-12-27(13-7-5-2)24(28)18-8-9-22(20(25)16-18)30-21-10-14-26(3)17-23-19(21)11-15-29-23/h8-9,11,15-16,21H,4-7,10,12-14,17H2,1-3H3. The van der Waals surface area contributed by atoms with Crippen LogP contribution >= 0.6 is 11.6 Å². The molecule has 0 bridgehead atoms. The highest BCUT2D eigenvalue weighted by Crippen LogP contribution is 2.35. The minimum atomic E-state index is -0.117. The highest BCUT2D eigenvalue weighted by atomic mass is 35.5. The molecule has 1 amide bonds. The van der Waals surface area contributed by atoms with Crippen molar-refractivity contribution in [1.82, 2.24) is 9.80 Å². The van der Waals surface area contributed by atoms with E-state index in [9.17, 15) is 4.79 Å². The third kappa shape index (κ3) is 5.58. The van der Waals surface area contributed by atoms with Gasteiger partial charge in [0, 0.05) is 37.2 Å². The van der Waals surface area contributed by atoms with Gasteiger partial charge >= 0.3 is 0 Å². The van der Waals surface area contributed by atoms with Gasteiger partial charge in [-0.05, 0) is 44.2 Å². The van der Waals surface area contributed by atoms with Gasteiger partial charge in [0.05, 0.1) is 17.8 Å². The van der Waals surface area contributed by atoms with Crippen LogP contribution in [0.2, 0.25) is 5.02 Å². The van der Waals surface area contributed by atoms with Crippen molar-refractivity contribution in [3.63, 3.8) is 0 Å². The highest BCUT2D eigenvalue weighted by Gasteiger charge is 2.26. The molecule has 5 nitrogen and oxygen atoms in total. The summed E-state index contributed by atoms with van der Waals surface area (Å²) >= 11 is 6.55. The molecule has 2 aromatic rings. The first-order valence-electron chi connectivity index (χ1n) is 11.0. The van der Waals surface area contributed by atoms with Gasteiger partial charge in [-0.1, -0.05) is 38.3 Å². The fourth-order valence-corrected chi connectivity index (χ4v) is 4.01. The van der Waals surface area contributed by atoms with E-state index in [4.69, 9.17) is 20.8 Å². The van der Waals surface area contributed by atoms with Crippen LogP contribution in [-0.2, 0) is 6.54 Å². The van der Waals surface area contributed by atoms with Crippen molar-refractivity contribution in [3.05, 3.63) is 52.4 Å². The Morgan fingerprint density at radius 1 is 1.23 bits per heavy atom. The van der Waals surface area contributed by atoms with E-state index < -0.39 is 0 Å². The van der Waals surface area contributed by atoms with Crippen molar-refractivity contribution in [2.24, 2.45) is 0 Å². The summed E-state index contributed by atoms with van der Waals surface area (Å²) in [5, 5.41) is 0.467. The van der Waals surface area contributed by atoms with Crippen molar-refractivity contribution in [1.29, 1.82) is 0 Å². The van der Waals surface area contributed by atoms with Crippen LogP contribution in [0, 0.1) is 0 Å². The number of fused-ring (bicyclic) bond motifs is 1. The van der Waals surface area contributed by atoms with Crippen LogP contribution in [0.25, 0.3) is 0 Å². The van der Waals surface area contributed by atoms with Crippen LogP contribution < -0.4 is 4.74 Å². The average Bonchev–Trinajstić information content (AvgIpc) is 3.14. The summed E-state index contributed by atoms with van der Waals surface area (Å²) in [7, 11) is 2.07. The Balaban J connectivity index is 1.74. The quantitative estimate of drug-likeness (QED) is 0.492. The molecule has 0 aliphatic carbocycles. The third-order valence-electron chi connectivity index (χ3n) is 5.61. The van der Waals surface area contributed by atoms with Crippen molar-refractivity contribution < 1.29 is 13.9 Å². The molecule has 0 radical (unpaired) electrons. The molecule has 30 heavy (non-hydrogen) atoms. The molecule has 1 aliphatic rings. The number of hydrogen-bond donors (Lipinski definition) is 0. The van der Waals surface area contributed by atoms with E-state index in [1.165, 1.54) is 0 Å². The van der Waals surface area contributed by atoms with Crippen LogP contribution in [0.1, 0.15) is 73.7 Å². The Morgan fingerprint density at radius 3 is 2.63 bits per heavy atom. The Kier molecular flexibility index (Phi) is 8.23. The van der Waals surface area contributed by atoms with E-state index in [0.717, 1.165) is 69.6 Å². The zero-order chi connectivity index (χ0) is 21.5. The number of furan rings is 1. The lowest BCUT2D eigenvalue weighted by Gasteiger charge is -2.23. The number of ether oxygens (including phenoxy) is 1. The molecule has 6 heteroatoms. The fourth-order valence-electron chi connectivity index (χ4n) is 3.78. The highest BCUT2D eigenvalue weighted by molar-refractivity contribution is 6.32. The molecule has 1 aromatic carbocycles. The first-order valence-corrected chi connectivity index (χ1v) is 11.4. The van der Waals surface area contributed by atoms with E-state index in [1.54, 1.807) is 12.3 Å². The number of benzene rings is 1. The van der Waals surface area contributed by atoms with Gasteiger partial charge in [0.15, 0.2) is 0 Å². The fraction of sp³-hybridized carbons (Fsp3) is 0.542. The van der Waals surface area contributed by atoms with Gasteiger partial charge in [-0.3, -0.25) is 9.69 Å². The summed E-state index contributed by atoms with van der Waals surface area (Å²) in [6, 6.07) is 7.36. The molecule has 0 saturated heterocycles. The van der Waals surface area contributed by atoms with Crippen molar-refractivity contribution in [2.75, 3.05) is 26.7 Å². The average molecular weight is 433 g/mol. The number of hydrogen-bond acceptors (Lipinski definition) is 4. The summed E-state index contributed by atoms with van der Waals surface area (Å²) in [5.41, 5.74) is 1.69. The molecule has 1 atom stereocenters. The van der Waals surface area contributed by atoms with Gasteiger partial charge < -0.3 is 14.1 Å². The first-order chi connectivity index (χ1) is 14.5. The number of nitrogens with zero attached hydrogens (tertiary/aromatic N) is 2.